The van der Waals surface area contributed by atoms with Crippen LogP contribution in [0.25, 0.3) is 0 Å². The highest BCUT2D eigenvalue weighted by Gasteiger charge is 2.26. The maximum atomic E-state index is 12.8. The van der Waals surface area contributed by atoms with Crippen molar-refractivity contribution in [1.82, 2.24) is 9.73 Å². The number of aromatic hydroxyl groups is 1. The maximum absolute atomic E-state index is 12.8. The third-order valence-electron chi connectivity index (χ3n) is 4.35. The molecule has 9 nitrogen and oxygen atoms in total. The number of methoxy groups -OCH3 is 1. The van der Waals surface area contributed by atoms with Crippen molar-refractivity contribution < 1.29 is 27.8 Å². The summed E-state index contributed by atoms with van der Waals surface area (Å²) in [5.74, 6) is -0.356. The lowest BCUT2D eigenvalue weighted by molar-refractivity contribution is 0.0730. The first-order valence-electron chi connectivity index (χ1n) is 8.91. The van der Waals surface area contributed by atoms with Crippen LogP contribution in [0.3, 0.4) is 0 Å². The molecule has 1 aliphatic rings. The number of hydrazone groups is 1. The molecular formula is C19H20BrN3O6S. The van der Waals surface area contributed by atoms with E-state index in [1.54, 1.807) is 12.1 Å². The van der Waals surface area contributed by atoms with E-state index in [2.05, 4.69) is 26.5 Å². The van der Waals surface area contributed by atoms with Gasteiger partial charge in [-0.1, -0.05) is 6.07 Å². The van der Waals surface area contributed by atoms with Crippen LogP contribution in [0.5, 0.6) is 11.5 Å². The quantitative estimate of drug-likeness (QED) is 0.465. The number of benzene rings is 2. The molecule has 0 atom stereocenters. The largest absolute Gasteiger partial charge is 0.503 e. The van der Waals surface area contributed by atoms with Crippen LogP contribution < -0.4 is 10.2 Å². The van der Waals surface area contributed by atoms with Gasteiger partial charge in [-0.3, -0.25) is 4.79 Å². The van der Waals surface area contributed by atoms with E-state index >= 15 is 0 Å². The van der Waals surface area contributed by atoms with Gasteiger partial charge in [-0.15, -0.1) is 0 Å². The Balaban J connectivity index is 1.73. The number of sulfonamides is 1. The number of nitrogens with one attached hydrogen (secondary N) is 1. The highest BCUT2D eigenvalue weighted by Crippen LogP contribution is 2.34. The zero-order chi connectivity index (χ0) is 21.7. The molecule has 0 aliphatic carbocycles. The van der Waals surface area contributed by atoms with Crippen LogP contribution in [0.1, 0.15) is 15.9 Å². The lowest BCUT2D eigenvalue weighted by atomic mass is 10.2. The first-order chi connectivity index (χ1) is 14.3. The predicted octanol–water partition coefficient (Wildman–Crippen LogP) is 1.95. The van der Waals surface area contributed by atoms with Gasteiger partial charge in [-0.25, -0.2) is 13.8 Å². The minimum absolute atomic E-state index is 0.0354. The zero-order valence-electron chi connectivity index (χ0n) is 16.0. The summed E-state index contributed by atoms with van der Waals surface area (Å²) in [5.41, 5.74) is 3.09. The van der Waals surface area contributed by atoms with Gasteiger partial charge in [0.15, 0.2) is 11.5 Å². The average Bonchev–Trinajstić information content (AvgIpc) is 2.76. The monoisotopic (exact) mass is 497 g/mol. The van der Waals surface area contributed by atoms with E-state index in [-0.39, 0.29) is 35.0 Å². The third kappa shape index (κ3) is 4.98. The van der Waals surface area contributed by atoms with Crippen LogP contribution in [0.4, 0.5) is 0 Å². The number of amides is 1. The summed E-state index contributed by atoms with van der Waals surface area (Å²) in [6, 6.07) is 8.92. The zero-order valence-corrected chi connectivity index (χ0v) is 18.4. The average molecular weight is 498 g/mol. The van der Waals surface area contributed by atoms with Gasteiger partial charge in [0, 0.05) is 18.7 Å². The Morgan fingerprint density at radius 3 is 2.73 bits per heavy atom. The molecule has 0 unspecified atom stereocenters. The SMILES string of the molecule is COc1cc(C=NNC(=O)c2cccc(S(=O)(=O)N3CCOCC3)c2)cc(Br)c1O. The maximum Gasteiger partial charge on any atom is 0.271 e. The Hall–Kier alpha value is -2.47. The molecule has 0 aromatic heterocycles. The molecule has 160 valence electrons. The summed E-state index contributed by atoms with van der Waals surface area (Å²) in [6.45, 7) is 1.22. The summed E-state index contributed by atoms with van der Waals surface area (Å²) in [5, 5.41) is 13.7. The van der Waals surface area contributed by atoms with E-state index in [1.165, 1.54) is 41.9 Å². The number of rotatable bonds is 6. The minimum atomic E-state index is -3.71. The fourth-order valence-electron chi connectivity index (χ4n) is 2.79. The second-order valence-corrected chi connectivity index (χ2v) is 9.09. The lowest BCUT2D eigenvalue weighted by Gasteiger charge is -2.26. The number of nitrogens with zero attached hydrogens (tertiary/aromatic N) is 2. The van der Waals surface area contributed by atoms with E-state index < -0.39 is 15.9 Å². The first-order valence-corrected chi connectivity index (χ1v) is 11.1. The van der Waals surface area contributed by atoms with Gasteiger partial charge in [0.05, 0.1) is 35.9 Å². The second-order valence-electron chi connectivity index (χ2n) is 6.30. The number of phenols is 1. The molecule has 0 saturated carbocycles. The number of hydrogen-bond donors (Lipinski definition) is 2. The number of morpholine rings is 1. The molecule has 30 heavy (non-hydrogen) atoms. The Kier molecular flexibility index (Phi) is 7.08. The molecule has 2 aromatic carbocycles. The van der Waals surface area contributed by atoms with Crippen molar-refractivity contribution in [3.05, 3.63) is 52.0 Å². The van der Waals surface area contributed by atoms with Gasteiger partial charge in [0.1, 0.15) is 0 Å². The lowest BCUT2D eigenvalue weighted by Crippen LogP contribution is -2.40. The number of carbonyl (C=O) groups is 1. The van der Waals surface area contributed by atoms with Crippen molar-refractivity contribution in [3.8, 4) is 11.5 Å². The topological polar surface area (TPSA) is 118 Å². The van der Waals surface area contributed by atoms with Gasteiger partial charge < -0.3 is 14.6 Å². The van der Waals surface area contributed by atoms with Crippen LogP contribution in [0.15, 0.2) is 50.9 Å². The number of hydrogen-bond acceptors (Lipinski definition) is 7. The van der Waals surface area contributed by atoms with Gasteiger partial charge in [0.2, 0.25) is 10.0 Å². The Morgan fingerprint density at radius 2 is 2.03 bits per heavy atom. The van der Waals surface area contributed by atoms with Crippen LogP contribution in [0.2, 0.25) is 0 Å². The predicted molar refractivity (Wildman–Crippen MR) is 113 cm³/mol. The second kappa shape index (κ2) is 9.56. The van der Waals surface area contributed by atoms with Crippen molar-refractivity contribution in [2.45, 2.75) is 4.90 Å². The number of carbonyl (C=O) groups excluding carboxylic acids is 1. The molecule has 1 fully saturated rings. The molecule has 0 spiro atoms. The van der Waals surface area contributed by atoms with Crippen LogP contribution in [-0.2, 0) is 14.8 Å². The van der Waals surface area contributed by atoms with Crippen LogP contribution in [-0.4, -0.2) is 63.4 Å². The Bertz CT molecular complexity index is 1070. The van der Waals surface area contributed by atoms with Crippen molar-refractivity contribution in [1.29, 1.82) is 0 Å². The molecule has 1 aliphatic heterocycles. The molecule has 0 radical (unpaired) electrons. The molecule has 1 saturated heterocycles. The summed E-state index contributed by atoms with van der Waals surface area (Å²) in [4.78, 5) is 12.4. The smallest absolute Gasteiger partial charge is 0.271 e. The molecular weight excluding hydrogens is 478 g/mol. The fraction of sp³-hybridized carbons (Fsp3) is 0.263. The molecule has 0 bridgehead atoms. The molecule has 1 amide bonds. The molecule has 11 heteroatoms. The van der Waals surface area contributed by atoms with Crippen molar-refractivity contribution in [2.75, 3.05) is 33.4 Å². The van der Waals surface area contributed by atoms with Gasteiger partial charge in [0.25, 0.3) is 5.91 Å². The van der Waals surface area contributed by atoms with E-state index in [1.807, 2.05) is 0 Å². The van der Waals surface area contributed by atoms with E-state index in [4.69, 9.17) is 9.47 Å². The van der Waals surface area contributed by atoms with Crippen molar-refractivity contribution in [3.63, 3.8) is 0 Å². The van der Waals surface area contributed by atoms with Gasteiger partial charge >= 0.3 is 0 Å². The number of halogens is 1. The van der Waals surface area contributed by atoms with Crippen LogP contribution >= 0.6 is 15.9 Å². The fourth-order valence-corrected chi connectivity index (χ4v) is 4.70. The van der Waals surface area contributed by atoms with Crippen LogP contribution in [0, 0.1) is 0 Å². The highest BCUT2D eigenvalue weighted by molar-refractivity contribution is 9.10. The summed E-state index contributed by atoms with van der Waals surface area (Å²) in [6.07, 6.45) is 1.37. The van der Waals surface area contributed by atoms with Crippen molar-refractivity contribution in [2.24, 2.45) is 5.10 Å². The normalized spacial score (nSPS) is 15.3. The molecule has 2 N–H and O–H groups in total. The Morgan fingerprint density at radius 1 is 1.30 bits per heavy atom. The minimum Gasteiger partial charge on any atom is -0.503 e. The number of ether oxygens (including phenoxy) is 2. The number of phenolic OH excluding ortho intramolecular Hbond substituents is 1. The molecule has 3 rings (SSSR count). The van der Waals surface area contributed by atoms with E-state index in [0.717, 1.165) is 0 Å². The highest BCUT2D eigenvalue weighted by atomic mass is 79.9. The Labute approximate surface area is 182 Å². The summed E-state index contributed by atoms with van der Waals surface area (Å²) in [7, 11) is -2.29. The van der Waals surface area contributed by atoms with Gasteiger partial charge in [-0.2, -0.15) is 9.41 Å². The first kappa shape index (κ1) is 22.2. The van der Waals surface area contributed by atoms with Crippen molar-refractivity contribution >= 4 is 38.1 Å². The van der Waals surface area contributed by atoms with Gasteiger partial charge in [-0.05, 0) is 51.8 Å². The summed E-state index contributed by atoms with van der Waals surface area (Å²) >= 11 is 3.21. The van der Waals surface area contributed by atoms with E-state index in [9.17, 15) is 18.3 Å². The standard InChI is InChI=1S/C19H20BrN3O6S/c1-28-17-10-13(9-16(20)18(17)24)12-21-22-19(25)14-3-2-4-15(11-14)30(26,27)23-5-7-29-8-6-23/h2-4,9-12,24H,5-8H2,1H3,(H,22,25). The summed E-state index contributed by atoms with van der Waals surface area (Å²) < 4.78 is 37.5. The third-order valence-corrected chi connectivity index (χ3v) is 6.85. The van der Waals surface area contributed by atoms with E-state index in [0.29, 0.717) is 23.2 Å². The molecule has 2 aromatic rings. The molecule has 1 heterocycles.